The molecule has 1 aliphatic rings. The fourth-order valence-electron chi connectivity index (χ4n) is 2.53. The van der Waals surface area contributed by atoms with Gasteiger partial charge in [-0.2, -0.15) is 5.10 Å². The Morgan fingerprint density at radius 3 is 3.13 bits per heavy atom. The normalized spacial score (nSPS) is 26.5. The number of aromatic nitrogens is 2. The number of nitrogens with one attached hydrogen (secondary N) is 1. The monoisotopic (exact) mass is 206 g/mol. The first-order chi connectivity index (χ1) is 7.25. The first-order valence-electron chi connectivity index (χ1n) is 5.77. The Kier molecular flexibility index (Phi) is 3.19. The first-order valence-corrected chi connectivity index (χ1v) is 5.77. The maximum Gasteiger partial charge on any atom is 0.166 e. The van der Waals surface area contributed by atoms with Gasteiger partial charge in [-0.15, -0.1) is 0 Å². The molecule has 2 rings (SSSR count). The Labute approximate surface area is 90.3 Å². The number of hydrogen-bond acceptors (Lipinski definition) is 2. The van der Waals surface area contributed by atoms with Crippen LogP contribution in [0.2, 0.25) is 0 Å². The molecule has 0 amide bonds. The molecule has 0 aliphatic heterocycles. The van der Waals surface area contributed by atoms with Crippen molar-refractivity contribution < 1.29 is 4.79 Å². The minimum atomic E-state index is 0.239. The van der Waals surface area contributed by atoms with Crippen molar-refractivity contribution in [2.75, 3.05) is 0 Å². The fourth-order valence-corrected chi connectivity index (χ4v) is 2.53. The maximum absolute atomic E-state index is 11.8. The van der Waals surface area contributed by atoms with Crippen LogP contribution in [-0.4, -0.2) is 16.0 Å². The number of aromatic amines is 1. The van der Waals surface area contributed by atoms with Crippen LogP contribution in [0.25, 0.3) is 0 Å². The highest BCUT2D eigenvalue weighted by Gasteiger charge is 2.21. The van der Waals surface area contributed by atoms with Crippen molar-refractivity contribution in [3.63, 3.8) is 0 Å². The standard InChI is InChI=1S/C12H18N2O/c1-9-3-2-4-10(5-9)6-12(15)11-7-13-14-8-11/h7-10H,2-6H2,1H3,(H,13,14). The van der Waals surface area contributed by atoms with Crippen LogP contribution in [0.1, 0.15) is 49.4 Å². The van der Waals surface area contributed by atoms with E-state index in [9.17, 15) is 4.79 Å². The zero-order valence-corrected chi connectivity index (χ0v) is 9.20. The topological polar surface area (TPSA) is 45.8 Å². The molecule has 0 aromatic carbocycles. The molecule has 1 fully saturated rings. The van der Waals surface area contributed by atoms with Crippen LogP contribution in [0.3, 0.4) is 0 Å². The molecule has 0 bridgehead atoms. The molecule has 1 N–H and O–H groups in total. The van der Waals surface area contributed by atoms with Crippen LogP contribution in [-0.2, 0) is 0 Å². The lowest BCUT2D eigenvalue weighted by atomic mass is 9.79. The van der Waals surface area contributed by atoms with Gasteiger partial charge in [-0.1, -0.05) is 19.8 Å². The molecule has 1 aromatic heterocycles. The van der Waals surface area contributed by atoms with Crippen LogP contribution in [0.15, 0.2) is 12.4 Å². The zero-order chi connectivity index (χ0) is 10.7. The van der Waals surface area contributed by atoms with Gasteiger partial charge in [0, 0.05) is 12.6 Å². The molecule has 2 atom stereocenters. The summed E-state index contributed by atoms with van der Waals surface area (Å²) in [5.41, 5.74) is 0.730. The lowest BCUT2D eigenvalue weighted by Gasteiger charge is -2.25. The average Bonchev–Trinajstić information content (AvgIpc) is 2.70. The molecule has 1 aromatic rings. The van der Waals surface area contributed by atoms with Crippen molar-refractivity contribution in [3.05, 3.63) is 18.0 Å². The summed E-state index contributed by atoms with van der Waals surface area (Å²) in [6.07, 6.45) is 9.05. The molecule has 15 heavy (non-hydrogen) atoms. The second-order valence-electron chi connectivity index (χ2n) is 4.75. The highest BCUT2D eigenvalue weighted by atomic mass is 16.1. The lowest BCUT2D eigenvalue weighted by Crippen LogP contribution is -2.16. The summed E-state index contributed by atoms with van der Waals surface area (Å²) in [5, 5.41) is 6.49. The first kappa shape index (κ1) is 10.4. The van der Waals surface area contributed by atoms with Gasteiger partial charge >= 0.3 is 0 Å². The molecular weight excluding hydrogens is 188 g/mol. The van der Waals surface area contributed by atoms with Crippen LogP contribution < -0.4 is 0 Å². The second kappa shape index (κ2) is 4.60. The molecule has 1 heterocycles. The third-order valence-corrected chi connectivity index (χ3v) is 3.34. The Hall–Kier alpha value is -1.12. The quantitative estimate of drug-likeness (QED) is 0.773. The SMILES string of the molecule is CC1CCCC(CC(=O)c2cn[nH]c2)C1. The number of nitrogens with zero attached hydrogens (tertiary/aromatic N) is 1. The highest BCUT2D eigenvalue weighted by Crippen LogP contribution is 2.31. The van der Waals surface area contributed by atoms with Crippen LogP contribution in [0.4, 0.5) is 0 Å². The molecule has 82 valence electrons. The minimum absolute atomic E-state index is 0.239. The van der Waals surface area contributed by atoms with Crippen molar-refractivity contribution >= 4 is 5.78 Å². The van der Waals surface area contributed by atoms with E-state index in [4.69, 9.17) is 0 Å². The molecule has 0 radical (unpaired) electrons. The van der Waals surface area contributed by atoms with Crippen molar-refractivity contribution in [1.82, 2.24) is 10.2 Å². The van der Waals surface area contributed by atoms with Gasteiger partial charge < -0.3 is 0 Å². The lowest BCUT2D eigenvalue weighted by molar-refractivity contribution is 0.0942. The predicted octanol–water partition coefficient (Wildman–Crippen LogP) is 2.81. The molecule has 1 aliphatic carbocycles. The maximum atomic E-state index is 11.8. The largest absolute Gasteiger partial charge is 0.294 e. The highest BCUT2D eigenvalue weighted by molar-refractivity contribution is 5.95. The number of rotatable bonds is 3. The minimum Gasteiger partial charge on any atom is -0.294 e. The Morgan fingerprint density at radius 2 is 2.47 bits per heavy atom. The summed E-state index contributed by atoms with van der Waals surface area (Å²) in [6, 6.07) is 0. The molecule has 3 heteroatoms. The number of ketones is 1. The van der Waals surface area contributed by atoms with E-state index in [-0.39, 0.29) is 5.78 Å². The van der Waals surface area contributed by atoms with Gasteiger partial charge in [0.05, 0.1) is 11.8 Å². The molecule has 1 saturated carbocycles. The molecule has 0 spiro atoms. The summed E-state index contributed by atoms with van der Waals surface area (Å²) in [7, 11) is 0. The summed E-state index contributed by atoms with van der Waals surface area (Å²) < 4.78 is 0. The van der Waals surface area contributed by atoms with E-state index in [0.717, 1.165) is 11.5 Å². The average molecular weight is 206 g/mol. The fraction of sp³-hybridized carbons (Fsp3) is 0.667. The van der Waals surface area contributed by atoms with Crippen LogP contribution >= 0.6 is 0 Å². The molecule has 3 nitrogen and oxygen atoms in total. The van der Waals surface area contributed by atoms with Crippen LogP contribution in [0, 0.1) is 11.8 Å². The van der Waals surface area contributed by atoms with Crippen molar-refractivity contribution in [1.29, 1.82) is 0 Å². The summed E-state index contributed by atoms with van der Waals surface area (Å²) in [5.74, 6) is 1.62. The summed E-state index contributed by atoms with van der Waals surface area (Å²) in [6.45, 7) is 2.29. The van der Waals surface area contributed by atoms with E-state index in [1.807, 2.05) is 0 Å². The van der Waals surface area contributed by atoms with Crippen molar-refractivity contribution in [2.24, 2.45) is 11.8 Å². The van der Waals surface area contributed by atoms with Gasteiger partial charge in [0.1, 0.15) is 0 Å². The van der Waals surface area contributed by atoms with Crippen LogP contribution in [0.5, 0.6) is 0 Å². The Balaban J connectivity index is 1.89. The number of carbonyl (C=O) groups excluding carboxylic acids is 1. The number of H-pyrrole nitrogens is 1. The van der Waals surface area contributed by atoms with Gasteiger partial charge in [-0.3, -0.25) is 9.89 Å². The molecule has 0 saturated heterocycles. The predicted molar refractivity (Wildman–Crippen MR) is 58.7 cm³/mol. The van der Waals surface area contributed by atoms with E-state index < -0.39 is 0 Å². The van der Waals surface area contributed by atoms with Gasteiger partial charge in [0.2, 0.25) is 0 Å². The van der Waals surface area contributed by atoms with Crippen molar-refractivity contribution in [2.45, 2.75) is 39.0 Å². The smallest absolute Gasteiger partial charge is 0.166 e. The second-order valence-corrected chi connectivity index (χ2v) is 4.75. The van der Waals surface area contributed by atoms with Gasteiger partial charge in [0.15, 0.2) is 5.78 Å². The third-order valence-electron chi connectivity index (χ3n) is 3.34. The van der Waals surface area contributed by atoms with Gasteiger partial charge in [-0.05, 0) is 24.7 Å². The zero-order valence-electron chi connectivity index (χ0n) is 9.20. The molecular formula is C12H18N2O. The molecule has 2 unspecified atom stereocenters. The number of carbonyl (C=O) groups is 1. The Bertz CT molecular complexity index is 318. The van der Waals surface area contributed by atoms with E-state index in [2.05, 4.69) is 17.1 Å². The van der Waals surface area contributed by atoms with E-state index >= 15 is 0 Å². The van der Waals surface area contributed by atoms with E-state index in [1.54, 1.807) is 12.4 Å². The third kappa shape index (κ3) is 2.67. The van der Waals surface area contributed by atoms with Gasteiger partial charge in [0.25, 0.3) is 0 Å². The summed E-state index contributed by atoms with van der Waals surface area (Å²) >= 11 is 0. The van der Waals surface area contributed by atoms with E-state index in [1.165, 1.54) is 25.7 Å². The number of Topliss-reactive ketones (excluding diaryl/α,β-unsaturated/α-hetero) is 1. The van der Waals surface area contributed by atoms with Gasteiger partial charge in [-0.25, -0.2) is 0 Å². The summed E-state index contributed by atoms with van der Waals surface area (Å²) in [4.78, 5) is 11.8. The van der Waals surface area contributed by atoms with Crippen molar-refractivity contribution in [3.8, 4) is 0 Å². The number of hydrogen-bond donors (Lipinski definition) is 1. The van der Waals surface area contributed by atoms with E-state index in [0.29, 0.717) is 12.3 Å². The Morgan fingerprint density at radius 1 is 1.60 bits per heavy atom.